The minimum atomic E-state index is 0.362. The normalized spacial score (nSPS) is 17.2. The molecule has 4 aromatic rings. The Morgan fingerprint density at radius 2 is 1.97 bits per heavy atom. The van der Waals surface area contributed by atoms with Crippen molar-refractivity contribution in [1.82, 2.24) is 24.9 Å². The van der Waals surface area contributed by atoms with E-state index in [1.165, 1.54) is 6.21 Å². The molecule has 2 fully saturated rings. The van der Waals surface area contributed by atoms with Crippen LogP contribution in [0.1, 0.15) is 35.7 Å². The number of hydrogen-bond acceptors (Lipinski definition) is 5. The lowest BCUT2D eigenvalue weighted by molar-refractivity contribution is 0.00164. The highest BCUT2D eigenvalue weighted by molar-refractivity contribution is 6.35. The second-order valence-electron chi connectivity index (χ2n) is 9.99. The molecule has 8 heteroatoms. The third-order valence-electron chi connectivity index (χ3n) is 7.77. The summed E-state index contributed by atoms with van der Waals surface area (Å²) in [5.74, 6) is 0. The van der Waals surface area contributed by atoms with E-state index in [-0.39, 0.29) is 0 Å². The van der Waals surface area contributed by atoms with Gasteiger partial charge in [0.1, 0.15) is 5.69 Å². The van der Waals surface area contributed by atoms with E-state index >= 15 is 0 Å². The maximum atomic E-state index is 8.11. The summed E-state index contributed by atoms with van der Waals surface area (Å²) in [7, 11) is 1.94. The number of rotatable bonds is 4. The van der Waals surface area contributed by atoms with Crippen LogP contribution in [0.2, 0.25) is 5.02 Å². The van der Waals surface area contributed by atoms with Gasteiger partial charge in [0, 0.05) is 65.4 Å². The van der Waals surface area contributed by atoms with Crippen molar-refractivity contribution >= 4 is 34.4 Å². The fourth-order valence-corrected chi connectivity index (χ4v) is 6.05. The van der Waals surface area contributed by atoms with Gasteiger partial charge >= 0.3 is 0 Å². The highest BCUT2D eigenvalue weighted by Crippen LogP contribution is 2.53. The molecule has 0 atom stereocenters. The molecule has 2 aliphatic rings. The van der Waals surface area contributed by atoms with Gasteiger partial charge < -0.3 is 16.5 Å². The van der Waals surface area contributed by atoms with E-state index in [1.54, 1.807) is 0 Å². The molecule has 0 bridgehead atoms. The van der Waals surface area contributed by atoms with Gasteiger partial charge in [-0.1, -0.05) is 17.7 Å². The standard InChI is InChI=1S/C26H28ClN7/c1-14-6-20(29)19(10-28)23(24(14)27)22-15(2)34(18-8-26(9-18)12-30-13-26)32-25(22)16-4-5-21-17(7-16)11-31-33(21)3/h4-7,10-11,18,28,30H,8-9,12-13,29H2,1-3H3. The fourth-order valence-electron chi connectivity index (χ4n) is 5.80. The molecule has 0 radical (unpaired) electrons. The van der Waals surface area contributed by atoms with Crippen molar-refractivity contribution in [2.75, 3.05) is 18.8 Å². The quantitative estimate of drug-likeness (QED) is 0.290. The molecule has 1 aliphatic carbocycles. The smallest absolute Gasteiger partial charge is 0.101 e. The summed E-state index contributed by atoms with van der Waals surface area (Å²) < 4.78 is 4.06. The van der Waals surface area contributed by atoms with Crippen molar-refractivity contribution in [3.05, 3.63) is 52.3 Å². The lowest BCUT2D eigenvalue weighted by Crippen LogP contribution is -2.60. The summed E-state index contributed by atoms with van der Waals surface area (Å²) in [6.45, 7) is 6.26. The summed E-state index contributed by atoms with van der Waals surface area (Å²) in [6, 6.07) is 8.51. The zero-order chi connectivity index (χ0) is 23.8. The Morgan fingerprint density at radius 3 is 2.65 bits per heavy atom. The number of nitrogens with two attached hydrogens (primary N) is 1. The highest BCUT2D eigenvalue weighted by Gasteiger charge is 2.50. The van der Waals surface area contributed by atoms with Crippen LogP contribution in [0.5, 0.6) is 0 Å². The zero-order valence-electron chi connectivity index (χ0n) is 19.6. The number of nitrogen functional groups attached to an aromatic ring is 1. The van der Waals surface area contributed by atoms with Crippen molar-refractivity contribution < 1.29 is 0 Å². The molecular formula is C26H28ClN7. The summed E-state index contributed by atoms with van der Waals surface area (Å²) in [5, 5.41) is 22.8. The molecule has 174 valence electrons. The van der Waals surface area contributed by atoms with Gasteiger partial charge in [0.2, 0.25) is 0 Å². The minimum Gasteiger partial charge on any atom is -0.398 e. The van der Waals surface area contributed by atoms with Crippen LogP contribution in [0.15, 0.2) is 30.5 Å². The summed E-state index contributed by atoms with van der Waals surface area (Å²) in [6.07, 6.45) is 5.44. The Labute approximate surface area is 203 Å². The van der Waals surface area contributed by atoms with Gasteiger partial charge in [0.05, 0.1) is 22.8 Å². The average molecular weight is 474 g/mol. The van der Waals surface area contributed by atoms with E-state index in [9.17, 15) is 0 Å². The first kappa shape index (κ1) is 21.4. The summed E-state index contributed by atoms with van der Waals surface area (Å²) in [4.78, 5) is 0. The van der Waals surface area contributed by atoms with Crippen LogP contribution in [0.25, 0.3) is 33.3 Å². The van der Waals surface area contributed by atoms with Crippen LogP contribution < -0.4 is 11.1 Å². The van der Waals surface area contributed by atoms with E-state index in [1.807, 2.05) is 30.9 Å². The lowest BCUT2D eigenvalue weighted by Gasteiger charge is -2.54. The van der Waals surface area contributed by atoms with Crippen LogP contribution in [0, 0.1) is 24.7 Å². The molecule has 34 heavy (non-hydrogen) atoms. The highest BCUT2D eigenvalue weighted by atomic mass is 35.5. The van der Waals surface area contributed by atoms with Gasteiger partial charge in [-0.2, -0.15) is 10.2 Å². The molecule has 1 saturated carbocycles. The van der Waals surface area contributed by atoms with Crippen molar-refractivity contribution in [1.29, 1.82) is 5.41 Å². The first-order valence-corrected chi connectivity index (χ1v) is 12.0. The van der Waals surface area contributed by atoms with Gasteiger partial charge in [-0.25, -0.2) is 0 Å². The molecule has 2 aromatic carbocycles. The second kappa shape index (κ2) is 7.42. The van der Waals surface area contributed by atoms with E-state index in [4.69, 9.17) is 27.8 Å². The Hall–Kier alpha value is -3.16. The van der Waals surface area contributed by atoms with E-state index in [2.05, 4.69) is 40.2 Å². The molecule has 1 spiro atoms. The van der Waals surface area contributed by atoms with Gasteiger partial charge in [0.25, 0.3) is 0 Å². The van der Waals surface area contributed by atoms with Gasteiger partial charge in [0.15, 0.2) is 0 Å². The summed E-state index contributed by atoms with van der Waals surface area (Å²) >= 11 is 6.91. The molecule has 3 heterocycles. The SMILES string of the molecule is Cc1cc(N)c(C=N)c(-c2c(-c3ccc4c(cnn4C)c3)nn(C3CC4(CNC4)C3)c2C)c1Cl. The predicted octanol–water partition coefficient (Wildman–Crippen LogP) is 4.88. The zero-order valence-corrected chi connectivity index (χ0v) is 20.4. The Balaban J connectivity index is 1.59. The molecule has 0 amide bonds. The third kappa shape index (κ3) is 2.96. The maximum Gasteiger partial charge on any atom is 0.101 e. The van der Waals surface area contributed by atoms with Crippen LogP contribution in [-0.2, 0) is 7.05 Å². The Morgan fingerprint density at radius 1 is 1.21 bits per heavy atom. The molecule has 6 rings (SSSR count). The van der Waals surface area contributed by atoms with Gasteiger partial charge in [-0.15, -0.1) is 0 Å². The number of nitrogens with one attached hydrogen (secondary N) is 2. The predicted molar refractivity (Wildman–Crippen MR) is 138 cm³/mol. The number of aryl methyl sites for hydroxylation is 2. The van der Waals surface area contributed by atoms with E-state index in [0.29, 0.717) is 27.7 Å². The number of benzene rings is 2. The Kier molecular flexibility index (Phi) is 4.66. The monoisotopic (exact) mass is 473 g/mol. The molecule has 0 unspecified atom stereocenters. The van der Waals surface area contributed by atoms with Crippen LogP contribution >= 0.6 is 11.6 Å². The number of nitrogens with zero attached hydrogens (tertiary/aromatic N) is 4. The van der Waals surface area contributed by atoms with Crippen LogP contribution in [0.4, 0.5) is 5.69 Å². The molecular weight excluding hydrogens is 446 g/mol. The topological polar surface area (TPSA) is 97.5 Å². The largest absolute Gasteiger partial charge is 0.398 e. The van der Waals surface area contributed by atoms with Crippen molar-refractivity contribution in [3.63, 3.8) is 0 Å². The number of fused-ring (bicyclic) bond motifs is 1. The fraction of sp³-hybridized carbons (Fsp3) is 0.346. The molecule has 7 nitrogen and oxygen atoms in total. The third-order valence-corrected chi connectivity index (χ3v) is 8.25. The summed E-state index contributed by atoms with van der Waals surface area (Å²) in [5.41, 5.74) is 14.6. The lowest BCUT2D eigenvalue weighted by atomic mass is 9.61. The van der Waals surface area contributed by atoms with Gasteiger partial charge in [-0.3, -0.25) is 9.36 Å². The molecule has 1 aliphatic heterocycles. The first-order chi connectivity index (χ1) is 16.3. The van der Waals surface area contributed by atoms with Gasteiger partial charge in [-0.05, 0) is 55.9 Å². The number of aromatic nitrogens is 4. The van der Waals surface area contributed by atoms with Crippen LogP contribution in [0.3, 0.4) is 0 Å². The minimum absolute atomic E-state index is 0.362. The number of halogens is 1. The number of hydrogen-bond donors (Lipinski definition) is 3. The average Bonchev–Trinajstić information content (AvgIpc) is 3.28. The number of anilines is 1. The molecule has 1 saturated heterocycles. The van der Waals surface area contributed by atoms with Crippen molar-refractivity contribution in [2.45, 2.75) is 32.7 Å². The van der Waals surface area contributed by atoms with Crippen LogP contribution in [-0.4, -0.2) is 38.9 Å². The van der Waals surface area contributed by atoms with E-state index < -0.39 is 0 Å². The van der Waals surface area contributed by atoms with Crippen molar-refractivity contribution in [2.24, 2.45) is 12.5 Å². The Bertz CT molecular complexity index is 1470. The van der Waals surface area contributed by atoms with E-state index in [0.717, 1.165) is 70.5 Å². The van der Waals surface area contributed by atoms with Crippen molar-refractivity contribution in [3.8, 4) is 22.4 Å². The molecule has 4 N–H and O–H groups in total. The maximum absolute atomic E-state index is 8.11. The first-order valence-electron chi connectivity index (χ1n) is 11.6. The molecule has 2 aromatic heterocycles. The second-order valence-corrected chi connectivity index (χ2v) is 10.4.